The number of hydrogen-bond donors (Lipinski definition) is 2. The lowest BCUT2D eigenvalue weighted by atomic mass is 10.2. The van der Waals surface area contributed by atoms with E-state index in [1.54, 1.807) is 6.20 Å². The van der Waals surface area contributed by atoms with Gasteiger partial charge in [0.15, 0.2) is 4.34 Å². The second kappa shape index (κ2) is 8.59. The van der Waals surface area contributed by atoms with Crippen molar-refractivity contribution >= 4 is 39.8 Å². The number of anilines is 2. The summed E-state index contributed by atoms with van der Waals surface area (Å²) in [4.78, 5) is 16.1. The van der Waals surface area contributed by atoms with Crippen LogP contribution >= 0.6 is 23.1 Å². The molecule has 2 N–H and O–H groups in total. The molecule has 6 nitrogen and oxygen atoms in total. The number of rotatable bonds is 7. The van der Waals surface area contributed by atoms with Gasteiger partial charge in [0, 0.05) is 11.9 Å². The van der Waals surface area contributed by atoms with E-state index in [4.69, 9.17) is 0 Å². The highest BCUT2D eigenvalue weighted by Gasteiger charge is 2.08. The van der Waals surface area contributed by atoms with Crippen molar-refractivity contribution in [2.75, 3.05) is 11.1 Å². The zero-order valence-electron chi connectivity index (χ0n) is 13.6. The molecule has 0 radical (unpaired) electrons. The molecule has 0 aliphatic rings. The Balaban J connectivity index is 1.46. The van der Waals surface area contributed by atoms with Crippen molar-refractivity contribution in [1.29, 1.82) is 0 Å². The molecule has 0 saturated heterocycles. The highest BCUT2D eigenvalue weighted by molar-refractivity contribution is 8.01. The molecule has 3 aromatic rings. The van der Waals surface area contributed by atoms with Crippen LogP contribution in [0.25, 0.3) is 0 Å². The molecule has 0 spiro atoms. The zero-order valence-corrected chi connectivity index (χ0v) is 15.2. The van der Waals surface area contributed by atoms with Gasteiger partial charge in [-0.15, -0.1) is 10.2 Å². The summed E-state index contributed by atoms with van der Waals surface area (Å²) in [7, 11) is 0. The Morgan fingerprint density at radius 2 is 2.12 bits per heavy atom. The van der Waals surface area contributed by atoms with E-state index in [2.05, 4.69) is 25.8 Å². The van der Waals surface area contributed by atoms with E-state index in [-0.39, 0.29) is 5.91 Å². The number of aromatic nitrogens is 3. The Hall–Kier alpha value is -2.45. The number of thioether (sulfide) groups is 1. The molecule has 1 amide bonds. The van der Waals surface area contributed by atoms with Crippen LogP contribution in [0, 0.1) is 6.92 Å². The average molecular weight is 371 g/mol. The first-order valence-corrected chi connectivity index (χ1v) is 9.46. The van der Waals surface area contributed by atoms with Gasteiger partial charge in [0.2, 0.25) is 11.0 Å². The van der Waals surface area contributed by atoms with Gasteiger partial charge >= 0.3 is 0 Å². The first-order valence-electron chi connectivity index (χ1n) is 7.65. The SMILES string of the molecule is Cc1cccc(Nc2nnc(SCC(=O)NCc3ccccn3)s2)c1. The summed E-state index contributed by atoms with van der Waals surface area (Å²) in [5.41, 5.74) is 2.98. The summed E-state index contributed by atoms with van der Waals surface area (Å²) in [6, 6.07) is 13.7. The van der Waals surface area contributed by atoms with Gasteiger partial charge in [0.1, 0.15) is 0 Å². The fraction of sp³-hybridized carbons (Fsp3) is 0.176. The first kappa shape index (κ1) is 17.4. The van der Waals surface area contributed by atoms with Crippen molar-refractivity contribution in [3.8, 4) is 0 Å². The van der Waals surface area contributed by atoms with Gasteiger partial charge in [-0.1, -0.05) is 41.3 Å². The fourth-order valence-electron chi connectivity index (χ4n) is 2.04. The zero-order chi connectivity index (χ0) is 17.5. The van der Waals surface area contributed by atoms with Crippen LogP contribution in [0.1, 0.15) is 11.3 Å². The molecule has 1 aromatic carbocycles. The van der Waals surface area contributed by atoms with Crippen molar-refractivity contribution in [3.63, 3.8) is 0 Å². The molecular weight excluding hydrogens is 354 g/mol. The van der Waals surface area contributed by atoms with E-state index < -0.39 is 0 Å². The average Bonchev–Trinajstić information content (AvgIpc) is 3.06. The predicted octanol–water partition coefficient (Wildman–Crippen LogP) is 3.39. The largest absolute Gasteiger partial charge is 0.350 e. The highest BCUT2D eigenvalue weighted by atomic mass is 32.2. The number of nitrogens with zero attached hydrogens (tertiary/aromatic N) is 3. The molecule has 8 heteroatoms. The summed E-state index contributed by atoms with van der Waals surface area (Å²) < 4.78 is 0.753. The lowest BCUT2D eigenvalue weighted by Crippen LogP contribution is -2.24. The van der Waals surface area contributed by atoms with Gasteiger partial charge in [0.05, 0.1) is 18.0 Å². The minimum atomic E-state index is -0.0564. The third-order valence-corrected chi connectivity index (χ3v) is 5.17. The third-order valence-electron chi connectivity index (χ3n) is 3.20. The van der Waals surface area contributed by atoms with Gasteiger partial charge in [-0.3, -0.25) is 9.78 Å². The lowest BCUT2D eigenvalue weighted by molar-refractivity contribution is -0.118. The summed E-state index contributed by atoms with van der Waals surface area (Å²) in [6.07, 6.45) is 1.71. The Bertz CT molecular complexity index is 838. The Labute approximate surface area is 154 Å². The normalized spacial score (nSPS) is 10.4. The van der Waals surface area contributed by atoms with Crippen LogP contribution < -0.4 is 10.6 Å². The minimum absolute atomic E-state index is 0.0564. The summed E-state index contributed by atoms with van der Waals surface area (Å²) in [5.74, 6) is 0.241. The smallest absolute Gasteiger partial charge is 0.230 e. The maximum absolute atomic E-state index is 11.9. The van der Waals surface area contributed by atoms with Crippen LogP contribution in [0.5, 0.6) is 0 Å². The van der Waals surface area contributed by atoms with Crippen LogP contribution in [-0.4, -0.2) is 26.8 Å². The van der Waals surface area contributed by atoms with Crippen molar-refractivity contribution < 1.29 is 4.79 Å². The molecule has 0 fully saturated rings. The standard InChI is InChI=1S/C17H17N5OS2/c1-12-5-4-7-13(9-12)20-16-21-22-17(25-16)24-11-15(23)19-10-14-6-2-3-8-18-14/h2-9H,10-11H2,1H3,(H,19,23)(H,20,21). The van der Waals surface area contributed by atoms with Gasteiger partial charge in [-0.2, -0.15) is 0 Å². The Morgan fingerprint density at radius 1 is 1.20 bits per heavy atom. The number of carbonyl (C=O) groups is 1. The van der Waals surface area contributed by atoms with Crippen molar-refractivity contribution in [1.82, 2.24) is 20.5 Å². The Morgan fingerprint density at radius 3 is 2.92 bits per heavy atom. The highest BCUT2D eigenvalue weighted by Crippen LogP contribution is 2.27. The molecule has 0 atom stereocenters. The molecule has 0 aliphatic carbocycles. The van der Waals surface area contributed by atoms with Crippen molar-refractivity contribution in [2.45, 2.75) is 17.8 Å². The van der Waals surface area contributed by atoms with E-state index in [1.807, 2.05) is 49.4 Å². The van der Waals surface area contributed by atoms with E-state index in [0.29, 0.717) is 17.4 Å². The maximum Gasteiger partial charge on any atom is 0.230 e. The molecule has 3 rings (SSSR count). The van der Waals surface area contributed by atoms with Crippen LogP contribution in [-0.2, 0) is 11.3 Å². The van der Waals surface area contributed by atoms with Gasteiger partial charge in [0.25, 0.3) is 0 Å². The molecule has 2 aromatic heterocycles. The topological polar surface area (TPSA) is 79.8 Å². The van der Waals surface area contributed by atoms with Crippen LogP contribution in [0.15, 0.2) is 53.0 Å². The predicted molar refractivity (Wildman–Crippen MR) is 101 cm³/mol. The number of pyridine rings is 1. The summed E-state index contributed by atoms with van der Waals surface area (Å²) >= 11 is 2.80. The number of amides is 1. The van der Waals surface area contributed by atoms with Gasteiger partial charge in [-0.25, -0.2) is 0 Å². The molecule has 0 aliphatic heterocycles. The molecule has 2 heterocycles. The van der Waals surface area contributed by atoms with Crippen LogP contribution in [0.4, 0.5) is 10.8 Å². The second-order valence-electron chi connectivity index (χ2n) is 5.25. The molecule has 25 heavy (non-hydrogen) atoms. The minimum Gasteiger partial charge on any atom is -0.350 e. The molecule has 0 bridgehead atoms. The fourth-order valence-corrected chi connectivity index (χ4v) is 3.64. The monoisotopic (exact) mass is 371 g/mol. The maximum atomic E-state index is 11.9. The van der Waals surface area contributed by atoms with E-state index >= 15 is 0 Å². The molecule has 0 unspecified atom stereocenters. The number of hydrogen-bond acceptors (Lipinski definition) is 7. The summed E-state index contributed by atoms with van der Waals surface area (Å²) in [5, 5.41) is 15.0. The number of aryl methyl sites for hydroxylation is 1. The molecular formula is C17H17N5OS2. The van der Waals surface area contributed by atoms with Gasteiger partial charge < -0.3 is 10.6 Å². The van der Waals surface area contributed by atoms with Crippen LogP contribution in [0.2, 0.25) is 0 Å². The lowest BCUT2D eigenvalue weighted by Gasteiger charge is -2.03. The number of nitrogens with one attached hydrogen (secondary N) is 2. The second-order valence-corrected chi connectivity index (χ2v) is 7.45. The first-order chi connectivity index (χ1) is 12.2. The molecule has 128 valence electrons. The Kier molecular flexibility index (Phi) is 5.97. The van der Waals surface area contributed by atoms with E-state index in [1.165, 1.54) is 28.7 Å². The van der Waals surface area contributed by atoms with E-state index in [0.717, 1.165) is 15.7 Å². The third kappa shape index (κ3) is 5.54. The van der Waals surface area contributed by atoms with E-state index in [9.17, 15) is 4.79 Å². The van der Waals surface area contributed by atoms with Crippen molar-refractivity contribution in [3.05, 3.63) is 59.9 Å². The summed E-state index contributed by atoms with van der Waals surface area (Å²) in [6.45, 7) is 2.46. The van der Waals surface area contributed by atoms with Crippen molar-refractivity contribution in [2.24, 2.45) is 0 Å². The molecule has 0 saturated carbocycles. The number of benzene rings is 1. The van der Waals surface area contributed by atoms with Gasteiger partial charge in [-0.05, 0) is 36.8 Å². The van der Waals surface area contributed by atoms with Crippen LogP contribution in [0.3, 0.4) is 0 Å². The number of carbonyl (C=O) groups excluding carboxylic acids is 1. The quantitative estimate of drug-likeness (QED) is 0.620.